The lowest BCUT2D eigenvalue weighted by atomic mass is 10.0. The van der Waals surface area contributed by atoms with E-state index in [4.69, 9.17) is 4.74 Å². The van der Waals surface area contributed by atoms with Gasteiger partial charge in [0, 0.05) is 30.1 Å². The summed E-state index contributed by atoms with van der Waals surface area (Å²) in [5, 5.41) is 6.02. The predicted molar refractivity (Wildman–Crippen MR) is 135 cm³/mol. The van der Waals surface area contributed by atoms with E-state index in [9.17, 15) is 9.59 Å². The Hall–Kier alpha value is -3.10. The van der Waals surface area contributed by atoms with Crippen LogP contribution in [0.3, 0.4) is 0 Å². The Labute approximate surface area is 200 Å². The maximum Gasteiger partial charge on any atom is 0.263 e. The van der Waals surface area contributed by atoms with E-state index in [0.717, 1.165) is 22.4 Å². The molecule has 0 bridgehead atoms. The number of aromatic nitrogens is 2. The molecule has 0 aliphatic rings. The van der Waals surface area contributed by atoms with Gasteiger partial charge in [-0.05, 0) is 36.6 Å². The van der Waals surface area contributed by atoms with E-state index in [1.54, 1.807) is 14.2 Å². The molecule has 0 spiro atoms. The Morgan fingerprint density at radius 2 is 1.97 bits per heavy atom. The Morgan fingerprint density at radius 1 is 1.18 bits per heavy atom. The van der Waals surface area contributed by atoms with Crippen LogP contribution in [-0.2, 0) is 18.4 Å². The third-order valence-electron chi connectivity index (χ3n) is 5.59. The van der Waals surface area contributed by atoms with Crippen LogP contribution in [-0.4, -0.2) is 28.3 Å². The molecule has 0 unspecified atom stereocenters. The van der Waals surface area contributed by atoms with Crippen LogP contribution in [0.2, 0.25) is 0 Å². The predicted octanol–water partition coefficient (Wildman–Crippen LogP) is 4.70. The smallest absolute Gasteiger partial charge is 0.263 e. The van der Waals surface area contributed by atoms with Crippen LogP contribution in [0.5, 0.6) is 5.75 Å². The highest BCUT2D eigenvalue weighted by Gasteiger charge is 2.17. The molecule has 8 heteroatoms. The molecule has 1 N–H and O–H groups in total. The van der Waals surface area contributed by atoms with Crippen LogP contribution in [0.1, 0.15) is 16.7 Å². The number of hydrogen-bond acceptors (Lipinski definition) is 6. The summed E-state index contributed by atoms with van der Waals surface area (Å²) in [5.41, 5.74) is 5.11. The molecule has 33 heavy (non-hydrogen) atoms. The van der Waals surface area contributed by atoms with Gasteiger partial charge in [0.15, 0.2) is 5.16 Å². The number of methoxy groups -OCH3 is 1. The molecule has 2 heterocycles. The zero-order valence-electron chi connectivity index (χ0n) is 19.0. The van der Waals surface area contributed by atoms with Crippen molar-refractivity contribution in [1.82, 2.24) is 14.9 Å². The number of ether oxygens (including phenoxy) is 1. The quantitative estimate of drug-likeness (QED) is 0.307. The Kier molecular flexibility index (Phi) is 6.85. The number of nitrogens with one attached hydrogen (secondary N) is 1. The number of thioether (sulfide) groups is 1. The van der Waals surface area contributed by atoms with E-state index in [1.807, 2.05) is 35.7 Å². The highest BCUT2D eigenvalue weighted by molar-refractivity contribution is 7.99. The van der Waals surface area contributed by atoms with E-state index in [0.29, 0.717) is 21.9 Å². The fourth-order valence-corrected chi connectivity index (χ4v) is 5.32. The van der Waals surface area contributed by atoms with Gasteiger partial charge in [-0.3, -0.25) is 14.2 Å². The number of para-hydroxylation sites is 1. The van der Waals surface area contributed by atoms with E-state index in [-0.39, 0.29) is 17.2 Å². The molecule has 0 aliphatic carbocycles. The van der Waals surface area contributed by atoms with Crippen LogP contribution < -0.4 is 15.6 Å². The SMILES string of the molecule is COc1ccccc1CNC(=O)CSc1nc2scc(-c3ccc(C)c(C)c3)c2c(=O)n1C. The maximum atomic E-state index is 13.2. The molecule has 4 rings (SSSR count). The first-order valence-corrected chi connectivity index (χ1v) is 12.3. The summed E-state index contributed by atoms with van der Waals surface area (Å²) in [6.45, 7) is 4.51. The maximum absolute atomic E-state index is 13.2. The topological polar surface area (TPSA) is 73.2 Å². The second-order valence-corrected chi connectivity index (χ2v) is 9.56. The van der Waals surface area contributed by atoms with Gasteiger partial charge in [-0.15, -0.1) is 11.3 Å². The summed E-state index contributed by atoms with van der Waals surface area (Å²) >= 11 is 2.70. The van der Waals surface area contributed by atoms with Crippen molar-refractivity contribution in [2.24, 2.45) is 7.05 Å². The minimum Gasteiger partial charge on any atom is -0.496 e. The third kappa shape index (κ3) is 4.82. The van der Waals surface area contributed by atoms with Crippen molar-refractivity contribution in [1.29, 1.82) is 0 Å². The summed E-state index contributed by atoms with van der Waals surface area (Å²) in [4.78, 5) is 31.0. The number of benzene rings is 2. The molecule has 6 nitrogen and oxygen atoms in total. The van der Waals surface area contributed by atoms with E-state index < -0.39 is 0 Å². The van der Waals surface area contributed by atoms with E-state index in [1.165, 1.54) is 38.8 Å². The molecule has 0 atom stereocenters. The molecule has 0 saturated heterocycles. The first-order valence-electron chi connectivity index (χ1n) is 10.5. The molecule has 170 valence electrons. The van der Waals surface area contributed by atoms with Gasteiger partial charge in [0.2, 0.25) is 5.91 Å². The molecule has 2 aromatic carbocycles. The number of thiophene rings is 1. The molecule has 0 radical (unpaired) electrons. The summed E-state index contributed by atoms with van der Waals surface area (Å²) in [7, 11) is 3.31. The Balaban J connectivity index is 1.51. The fourth-order valence-electron chi connectivity index (χ4n) is 3.53. The monoisotopic (exact) mass is 479 g/mol. The van der Waals surface area contributed by atoms with Crippen LogP contribution >= 0.6 is 23.1 Å². The minimum atomic E-state index is -0.137. The second-order valence-electron chi connectivity index (χ2n) is 7.76. The second kappa shape index (κ2) is 9.80. The van der Waals surface area contributed by atoms with Crippen molar-refractivity contribution in [3.05, 3.63) is 74.9 Å². The number of nitrogens with zero attached hydrogens (tertiary/aromatic N) is 2. The largest absolute Gasteiger partial charge is 0.496 e. The number of carbonyl (C=O) groups is 1. The Bertz CT molecular complexity index is 1390. The van der Waals surface area contributed by atoms with Crippen molar-refractivity contribution in [2.75, 3.05) is 12.9 Å². The first-order chi connectivity index (χ1) is 15.9. The van der Waals surface area contributed by atoms with Gasteiger partial charge in [0.05, 0.1) is 18.2 Å². The van der Waals surface area contributed by atoms with Crippen LogP contribution in [0.25, 0.3) is 21.3 Å². The van der Waals surface area contributed by atoms with Crippen LogP contribution in [0, 0.1) is 13.8 Å². The van der Waals surface area contributed by atoms with Crippen molar-refractivity contribution < 1.29 is 9.53 Å². The average molecular weight is 480 g/mol. The number of carbonyl (C=O) groups excluding carboxylic acids is 1. The molecule has 0 saturated carbocycles. The van der Waals surface area contributed by atoms with Crippen molar-refractivity contribution in [3.63, 3.8) is 0 Å². The standard InChI is InChI=1S/C25H25N3O3S2/c1-15-9-10-17(11-16(15)2)19-13-32-23-22(19)24(30)28(3)25(27-23)33-14-21(29)26-12-18-7-5-6-8-20(18)31-4/h5-11,13H,12,14H2,1-4H3,(H,26,29). The van der Waals surface area contributed by atoms with Gasteiger partial charge < -0.3 is 10.1 Å². The molecule has 0 aliphatic heterocycles. The summed E-state index contributed by atoms with van der Waals surface area (Å²) < 4.78 is 6.85. The summed E-state index contributed by atoms with van der Waals surface area (Å²) in [5.74, 6) is 0.760. The van der Waals surface area contributed by atoms with Crippen molar-refractivity contribution in [3.8, 4) is 16.9 Å². The number of rotatable bonds is 7. The number of aryl methyl sites for hydroxylation is 2. The average Bonchev–Trinajstić information content (AvgIpc) is 3.25. The molecule has 0 fully saturated rings. The minimum absolute atomic E-state index is 0.105. The number of amides is 1. The van der Waals surface area contributed by atoms with Gasteiger partial charge in [-0.25, -0.2) is 4.98 Å². The lowest BCUT2D eigenvalue weighted by Crippen LogP contribution is -2.26. The normalized spacial score (nSPS) is 11.0. The van der Waals surface area contributed by atoms with Crippen LogP contribution in [0.15, 0.2) is 57.8 Å². The number of hydrogen-bond donors (Lipinski definition) is 1. The Morgan fingerprint density at radius 3 is 2.73 bits per heavy atom. The molecular weight excluding hydrogens is 454 g/mol. The molecular formula is C25H25N3O3S2. The molecule has 4 aromatic rings. The van der Waals surface area contributed by atoms with E-state index in [2.05, 4.69) is 36.3 Å². The van der Waals surface area contributed by atoms with Gasteiger partial charge in [0.25, 0.3) is 5.56 Å². The highest BCUT2D eigenvalue weighted by Crippen LogP contribution is 2.33. The molecule has 1 amide bonds. The van der Waals surface area contributed by atoms with Gasteiger partial charge in [0.1, 0.15) is 10.6 Å². The lowest BCUT2D eigenvalue weighted by molar-refractivity contribution is -0.118. The van der Waals surface area contributed by atoms with Gasteiger partial charge in [-0.2, -0.15) is 0 Å². The van der Waals surface area contributed by atoms with Gasteiger partial charge in [-0.1, -0.05) is 48.2 Å². The molecule has 2 aromatic heterocycles. The highest BCUT2D eigenvalue weighted by atomic mass is 32.2. The van der Waals surface area contributed by atoms with Gasteiger partial charge >= 0.3 is 0 Å². The fraction of sp³-hybridized carbons (Fsp3) is 0.240. The number of fused-ring (bicyclic) bond motifs is 1. The van der Waals surface area contributed by atoms with Crippen molar-refractivity contribution in [2.45, 2.75) is 25.5 Å². The zero-order chi connectivity index (χ0) is 23.5. The van der Waals surface area contributed by atoms with E-state index >= 15 is 0 Å². The zero-order valence-corrected chi connectivity index (χ0v) is 20.6. The van der Waals surface area contributed by atoms with Crippen molar-refractivity contribution >= 4 is 39.2 Å². The third-order valence-corrected chi connectivity index (χ3v) is 7.50. The lowest BCUT2D eigenvalue weighted by Gasteiger charge is -2.10. The first kappa shape index (κ1) is 23.1. The summed E-state index contributed by atoms with van der Waals surface area (Å²) in [6, 6.07) is 13.8. The van der Waals surface area contributed by atoms with Crippen LogP contribution in [0.4, 0.5) is 0 Å². The summed E-state index contributed by atoms with van der Waals surface area (Å²) in [6.07, 6.45) is 0.